The van der Waals surface area contributed by atoms with E-state index in [2.05, 4.69) is 6.58 Å². The van der Waals surface area contributed by atoms with Gasteiger partial charge in [0.1, 0.15) is 0 Å². The molecule has 1 aromatic heterocycles. The van der Waals surface area contributed by atoms with Crippen LogP contribution in [-0.4, -0.2) is 5.11 Å². The number of thiophene rings is 1. The predicted molar refractivity (Wildman–Crippen MR) is 53.3 cm³/mol. The third-order valence-electron chi connectivity index (χ3n) is 1.70. The van der Waals surface area contributed by atoms with Crippen LogP contribution in [0.3, 0.4) is 0 Å². The molecule has 0 aliphatic carbocycles. The lowest BCUT2D eigenvalue weighted by atomic mass is 9.96. The van der Waals surface area contributed by atoms with E-state index in [1.807, 2.05) is 31.4 Å². The van der Waals surface area contributed by atoms with E-state index in [1.165, 1.54) is 0 Å². The van der Waals surface area contributed by atoms with Crippen LogP contribution in [0.5, 0.6) is 0 Å². The van der Waals surface area contributed by atoms with Crippen LogP contribution in [0.25, 0.3) is 0 Å². The van der Waals surface area contributed by atoms with Crippen molar-refractivity contribution in [3.63, 3.8) is 0 Å². The highest BCUT2D eigenvalue weighted by atomic mass is 32.1. The van der Waals surface area contributed by atoms with Crippen LogP contribution in [0.2, 0.25) is 0 Å². The average Bonchev–Trinajstić information content (AvgIpc) is 2.32. The molecule has 0 saturated heterocycles. The summed E-state index contributed by atoms with van der Waals surface area (Å²) < 4.78 is 0. The number of hydrogen-bond acceptors (Lipinski definition) is 2. The van der Waals surface area contributed by atoms with Gasteiger partial charge >= 0.3 is 0 Å². The fourth-order valence-corrected chi connectivity index (χ4v) is 2.05. The molecular weight excluding hydrogens is 168 g/mol. The van der Waals surface area contributed by atoms with Crippen molar-refractivity contribution in [3.05, 3.63) is 34.5 Å². The zero-order valence-electron chi connectivity index (χ0n) is 7.50. The molecule has 1 heterocycles. The highest BCUT2D eigenvalue weighted by Gasteiger charge is 2.23. The van der Waals surface area contributed by atoms with Crippen LogP contribution >= 0.6 is 11.3 Å². The van der Waals surface area contributed by atoms with Crippen LogP contribution in [0, 0.1) is 0 Å². The minimum absolute atomic E-state index is 0.632. The van der Waals surface area contributed by atoms with Gasteiger partial charge < -0.3 is 5.11 Å². The van der Waals surface area contributed by atoms with Crippen molar-refractivity contribution < 1.29 is 5.11 Å². The van der Waals surface area contributed by atoms with Gasteiger partial charge in [0.05, 0.1) is 5.60 Å². The first kappa shape index (κ1) is 9.49. The van der Waals surface area contributed by atoms with Gasteiger partial charge in [-0.1, -0.05) is 11.6 Å². The quantitative estimate of drug-likeness (QED) is 0.713. The van der Waals surface area contributed by atoms with Crippen molar-refractivity contribution in [2.45, 2.75) is 25.9 Å². The smallest absolute Gasteiger partial charge is 0.0996 e. The Morgan fingerprint density at radius 2 is 2.42 bits per heavy atom. The van der Waals surface area contributed by atoms with Gasteiger partial charge in [-0.05, 0) is 25.3 Å². The summed E-state index contributed by atoms with van der Waals surface area (Å²) in [4.78, 5) is 1.01. The normalized spacial score (nSPS) is 15.6. The van der Waals surface area contributed by atoms with E-state index in [9.17, 15) is 5.11 Å². The molecule has 0 bridgehead atoms. The maximum absolute atomic E-state index is 9.99. The van der Waals surface area contributed by atoms with E-state index < -0.39 is 5.60 Å². The van der Waals surface area contributed by atoms with Crippen molar-refractivity contribution >= 4 is 11.3 Å². The Bertz CT molecular complexity index is 259. The van der Waals surface area contributed by atoms with E-state index >= 15 is 0 Å². The molecule has 1 nitrogen and oxygen atoms in total. The Labute approximate surface area is 77.4 Å². The molecule has 0 spiro atoms. The molecule has 0 aromatic carbocycles. The van der Waals surface area contributed by atoms with Gasteiger partial charge in [-0.15, -0.1) is 17.9 Å². The highest BCUT2D eigenvalue weighted by molar-refractivity contribution is 7.10. The van der Waals surface area contributed by atoms with Crippen LogP contribution in [-0.2, 0) is 5.60 Å². The van der Waals surface area contributed by atoms with E-state index in [0.717, 1.165) is 10.5 Å². The summed E-state index contributed by atoms with van der Waals surface area (Å²) in [6.45, 7) is 7.55. The topological polar surface area (TPSA) is 20.2 Å². The second kappa shape index (κ2) is 3.42. The predicted octanol–water partition coefficient (Wildman–Crippen LogP) is 2.92. The standard InChI is InChI=1S/C10H14OS/c1-8(2)7-10(3,11)9-5-4-6-12-9/h4-6,11H,1,7H2,2-3H3. The van der Waals surface area contributed by atoms with Crippen molar-refractivity contribution in [3.8, 4) is 0 Å². The van der Waals surface area contributed by atoms with Crippen LogP contribution in [0.1, 0.15) is 25.1 Å². The molecule has 12 heavy (non-hydrogen) atoms. The maximum Gasteiger partial charge on any atom is 0.0996 e. The maximum atomic E-state index is 9.99. The molecule has 1 aromatic rings. The zero-order chi connectivity index (χ0) is 9.19. The number of hydrogen-bond donors (Lipinski definition) is 1. The monoisotopic (exact) mass is 182 g/mol. The number of aliphatic hydroxyl groups is 1. The summed E-state index contributed by atoms with van der Waals surface area (Å²) >= 11 is 1.58. The van der Waals surface area contributed by atoms with Crippen molar-refractivity contribution in [1.29, 1.82) is 0 Å². The fourth-order valence-electron chi connectivity index (χ4n) is 1.26. The van der Waals surface area contributed by atoms with Crippen LogP contribution in [0.4, 0.5) is 0 Å². The SMILES string of the molecule is C=C(C)CC(C)(O)c1cccs1. The second-order valence-corrected chi connectivity index (χ2v) is 4.33. The van der Waals surface area contributed by atoms with E-state index in [0.29, 0.717) is 6.42 Å². The Hall–Kier alpha value is -0.600. The molecule has 0 amide bonds. The van der Waals surface area contributed by atoms with Crippen molar-refractivity contribution in [2.24, 2.45) is 0 Å². The number of rotatable bonds is 3. The van der Waals surface area contributed by atoms with Gasteiger partial charge in [-0.25, -0.2) is 0 Å². The van der Waals surface area contributed by atoms with Crippen LogP contribution < -0.4 is 0 Å². The molecular formula is C10H14OS. The fraction of sp³-hybridized carbons (Fsp3) is 0.400. The first-order chi connectivity index (χ1) is 5.52. The summed E-state index contributed by atoms with van der Waals surface area (Å²) in [5.74, 6) is 0. The van der Waals surface area contributed by atoms with Gasteiger partial charge in [0.25, 0.3) is 0 Å². The summed E-state index contributed by atoms with van der Waals surface area (Å²) in [5, 5.41) is 12.0. The molecule has 0 aliphatic rings. The summed E-state index contributed by atoms with van der Waals surface area (Å²) in [7, 11) is 0. The molecule has 1 unspecified atom stereocenters. The summed E-state index contributed by atoms with van der Waals surface area (Å²) in [5.41, 5.74) is 0.272. The third-order valence-corrected chi connectivity index (χ3v) is 2.82. The van der Waals surface area contributed by atoms with E-state index in [1.54, 1.807) is 11.3 Å². The largest absolute Gasteiger partial charge is 0.384 e. The molecule has 1 N–H and O–H groups in total. The lowest BCUT2D eigenvalue weighted by Gasteiger charge is -2.21. The first-order valence-electron chi connectivity index (χ1n) is 3.93. The Morgan fingerprint density at radius 3 is 2.83 bits per heavy atom. The van der Waals surface area contributed by atoms with Gasteiger partial charge in [-0.2, -0.15) is 0 Å². The highest BCUT2D eigenvalue weighted by Crippen LogP contribution is 2.30. The third kappa shape index (κ3) is 2.19. The molecule has 66 valence electrons. The molecule has 2 heteroatoms. The Balaban J connectivity index is 2.79. The van der Waals surface area contributed by atoms with Crippen LogP contribution in [0.15, 0.2) is 29.7 Å². The Kier molecular flexibility index (Phi) is 2.70. The molecule has 0 fully saturated rings. The van der Waals surface area contributed by atoms with Gasteiger partial charge in [0, 0.05) is 11.3 Å². The van der Waals surface area contributed by atoms with Gasteiger partial charge in [0.2, 0.25) is 0 Å². The lowest BCUT2D eigenvalue weighted by molar-refractivity contribution is 0.0616. The molecule has 1 rings (SSSR count). The minimum Gasteiger partial charge on any atom is -0.384 e. The molecule has 0 aliphatic heterocycles. The molecule has 0 saturated carbocycles. The van der Waals surface area contributed by atoms with Crippen molar-refractivity contribution in [1.82, 2.24) is 0 Å². The van der Waals surface area contributed by atoms with Gasteiger partial charge in [-0.3, -0.25) is 0 Å². The van der Waals surface area contributed by atoms with Crippen molar-refractivity contribution in [2.75, 3.05) is 0 Å². The second-order valence-electron chi connectivity index (χ2n) is 3.39. The lowest BCUT2D eigenvalue weighted by Crippen LogP contribution is -2.19. The Morgan fingerprint density at radius 1 is 1.75 bits per heavy atom. The zero-order valence-corrected chi connectivity index (χ0v) is 8.32. The minimum atomic E-state index is -0.736. The summed E-state index contributed by atoms with van der Waals surface area (Å²) in [6, 6.07) is 3.90. The van der Waals surface area contributed by atoms with E-state index in [4.69, 9.17) is 0 Å². The average molecular weight is 182 g/mol. The van der Waals surface area contributed by atoms with Gasteiger partial charge in [0.15, 0.2) is 0 Å². The molecule has 0 radical (unpaired) electrons. The molecule has 1 atom stereocenters. The van der Waals surface area contributed by atoms with E-state index in [-0.39, 0.29) is 0 Å². The summed E-state index contributed by atoms with van der Waals surface area (Å²) in [6.07, 6.45) is 0.632. The first-order valence-corrected chi connectivity index (χ1v) is 4.81.